The van der Waals surface area contributed by atoms with Gasteiger partial charge in [0.25, 0.3) is 0 Å². The summed E-state index contributed by atoms with van der Waals surface area (Å²) < 4.78 is 5.14. The number of benzene rings is 1. The van der Waals surface area contributed by atoms with E-state index in [9.17, 15) is 0 Å². The Morgan fingerprint density at radius 1 is 1.20 bits per heavy atom. The van der Waals surface area contributed by atoms with E-state index in [1.807, 2.05) is 12.1 Å². The van der Waals surface area contributed by atoms with Crippen LogP contribution in [0.4, 0.5) is 0 Å². The molecular formula is C14H22O. The second-order valence-corrected chi connectivity index (χ2v) is 4.30. The Hall–Kier alpha value is -0.980. The van der Waals surface area contributed by atoms with Crippen molar-refractivity contribution < 1.29 is 4.74 Å². The largest absolute Gasteiger partial charge is 0.497 e. The van der Waals surface area contributed by atoms with Crippen molar-refractivity contribution in [3.63, 3.8) is 0 Å². The predicted octanol–water partition coefficient (Wildman–Crippen LogP) is 4.06. The Morgan fingerprint density at radius 2 is 1.87 bits per heavy atom. The molecule has 0 aliphatic rings. The Balaban J connectivity index is 2.42. The first-order valence-corrected chi connectivity index (χ1v) is 5.89. The Bertz CT molecular complexity index is 263. The molecule has 0 amide bonds. The van der Waals surface area contributed by atoms with Crippen LogP contribution in [-0.2, 0) is 6.42 Å². The van der Waals surface area contributed by atoms with E-state index in [1.54, 1.807) is 7.11 Å². The number of rotatable bonds is 6. The average Bonchev–Trinajstić information content (AvgIpc) is 2.27. The monoisotopic (exact) mass is 206 g/mol. The highest BCUT2D eigenvalue weighted by molar-refractivity contribution is 5.27. The quantitative estimate of drug-likeness (QED) is 0.682. The van der Waals surface area contributed by atoms with Crippen molar-refractivity contribution in [2.75, 3.05) is 7.11 Å². The van der Waals surface area contributed by atoms with Crippen molar-refractivity contribution >= 4 is 0 Å². The highest BCUT2D eigenvalue weighted by atomic mass is 16.5. The first-order valence-electron chi connectivity index (χ1n) is 5.89. The number of unbranched alkanes of at least 4 members (excludes halogenated alkanes) is 1. The van der Waals surface area contributed by atoms with Gasteiger partial charge in [-0.3, -0.25) is 0 Å². The van der Waals surface area contributed by atoms with Gasteiger partial charge in [0.1, 0.15) is 5.75 Å². The molecule has 0 unspecified atom stereocenters. The third-order valence-corrected chi connectivity index (χ3v) is 2.79. The van der Waals surface area contributed by atoms with Gasteiger partial charge in [0.15, 0.2) is 0 Å². The van der Waals surface area contributed by atoms with Crippen molar-refractivity contribution in [2.45, 2.75) is 39.5 Å². The fourth-order valence-corrected chi connectivity index (χ4v) is 1.82. The summed E-state index contributed by atoms with van der Waals surface area (Å²) in [5.41, 5.74) is 1.42. The summed E-state index contributed by atoms with van der Waals surface area (Å²) in [6, 6.07) is 8.42. The summed E-state index contributed by atoms with van der Waals surface area (Å²) in [4.78, 5) is 0. The molecule has 15 heavy (non-hydrogen) atoms. The molecule has 0 saturated heterocycles. The van der Waals surface area contributed by atoms with Gasteiger partial charge in [-0.05, 0) is 30.0 Å². The minimum Gasteiger partial charge on any atom is -0.497 e. The topological polar surface area (TPSA) is 9.23 Å². The maximum atomic E-state index is 5.14. The van der Waals surface area contributed by atoms with E-state index in [0.717, 1.165) is 11.7 Å². The van der Waals surface area contributed by atoms with E-state index in [0.29, 0.717) is 0 Å². The first-order chi connectivity index (χ1) is 7.26. The smallest absolute Gasteiger partial charge is 0.118 e. The van der Waals surface area contributed by atoms with Crippen LogP contribution in [0.1, 0.15) is 38.7 Å². The number of hydrogen-bond acceptors (Lipinski definition) is 1. The molecule has 0 spiro atoms. The van der Waals surface area contributed by atoms with Gasteiger partial charge < -0.3 is 4.74 Å². The van der Waals surface area contributed by atoms with Crippen molar-refractivity contribution in [3.05, 3.63) is 29.8 Å². The summed E-state index contributed by atoms with van der Waals surface area (Å²) in [5.74, 6) is 1.73. The summed E-state index contributed by atoms with van der Waals surface area (Å²) >= 11 is 0. The van der Waals surface area contributed by atoms with Crippen LogP contribution >= 0.6 is 0 Å². The maximum absolute atomic E-state index is 5.14. The zero-order chi connectivity index (χ0) is 11.1. The van der Waals surface area contributed by atoms with Gasteiger partial charge >= 0.3 is 0 Å². The molecular weight excluding hydrogens is 184 g/mol. The normalized spacial score (nSPS) is 12.5. The fourth-order valence-electron chi connectivity index (χ4n) is 1.82. The summed E-state index contributed by atoms with van der Waals surface area (Å²) in [5, 5.41) is 0. The Morgan fingerprint density at radius 3 is 2.40 bits per heavy atom. The lowest BCUT2D eigenvalue weighted by Crippen LogP contribution is -1.99. The van der Waals surface area contributed by atoms with E-state index < -0.39 is 0 Å². The highest BCUT2D eigenvalue weighted by Crippen LogP contribution is 2.17. The Kier molecular flexibility index (Phi) is 5.23. The van der Waals surface area contributed by atoms with Crippen LogP contribution in [0.2, 0.25) is 0 Å². The third kappa shape index (κ3) is 4.37. The van der Waals surface area contributed by atoms with Gasteiger partial charge in [0.05, 0.1) is 7.11 Å². The minimum atomic E-state index is 0.790. The van der Waals surface area contributed by atoms with E-state index in [2.05, 4.69) is 26.0 Å². The molecule has 0 fully saturated rings. The van der Waals surface area contributed by atoms with Crippen LogP contribution in [0.3, 0.4) is 0 Å². The molecule has 0 bridgehead atoms. The summed E-state index contributed by atoms with van der Waals surface area (Å²) in [6.45, 7) is 4.58. The molecule has 0 aliphatic carbocycles. The summed E-state index contributed by atoms with van der Waals surface area (Å²) in [6.07, 6.45) is 5.16. The predicted molar refractivity (Wildman–Crippen MR) is 65.4 cm³/mol. The molecule has 1 atom stereocenters. The van der Waals surface area contributed by atoms with E-state index in [-0.39, 0.29) is 0 Å². The van der Waals surface area contributed by atoms with Gasteiger partial charge in [-0.15, -0.1) is 0 Å². The lowest BCUT2D eigenvalue weighted by Gasteiger charge is -2.10. The first kappa shape index (κ1) is 12.1. The second kappa shape index (κ2) is 6.49. The van der Waals surface area contributed by atoms with Crippen LogP contribution < -0.4 is 4.74 Å². The van der Waals surface area contributed by atoms with Gasteiger partial charge in [-0.1, -0.05) is 45.2 Å². The molecule has 1 aromatic rings. The van der Waals surface area contributed by atoms with Crippen LogP contribution in [0, 0.1) is 5.92 Å². The van der Waals surface area contributed by atoms with Gasteiger partial charge in [0, 0.05) is 0 Å². The number of hydrogen-bond donors (Lipinski definition) is 0. The van der Waals surface area contributed by atoms with Crippen molar-refractivity contribution in [2.24, 2.45) is 5.92 Å². The molecule has 0 saturated carbocycles. The van der Waals surface area contributed by atoms with Crippen molar-refractivity contribution in [3.8, 4) is 5.75 Å². The molecule has 1 aromatic carbocycles. The molecule has 0 aromatic heterocycles. The van der Waals surface area contributed by atoms with Gasteiger partial charge in [-0.25, -0.2) is 0 Å². The van der Waals surface area contributed by atoms with Crippen LogP contribution in [0.25, 0.3) is 0 Å². The van der Waals surface area contributed by atoms with Crippen molar-refractivity contribution in [1.82, 2.24) is 0 Å². The van der Waals surface area contributed by atoms with Gasteiger partial charge in [-0.2, -0.15) is 0 Å². The summed E-state index contributed by atoms with van der Waals surface area (Å²) in [7, 11) is 1.71. The molecule has 1 heteroatoms. The zero-order valence-electron chi connectivity index (χ0n) is 10.1. The van der Waals surface area contributed by atoms with E-state index in [1.165, 1.54) is 31.2 Å². The standard InChI is InChI=1S/C14H22O/c1-4-5-6-12(2)11-13-7-9-14(15-3)10-8-13/h7-10,12H,4-6,11H2,1-3H3/t12-/m1/s1. The fraction of sp³-hybridized carbons (Fsp3) is 0.571. The zero-order valence-corrected chi connectivity index (χ0v) is 10.1. The number of methoxy groups -OCH3 is 1. The average molecular weight is 206 g/mol. The molecule has 0 aliphatic heterocycles. The van der Waals surface area contributed by atoms with Crippen LogP contribution in [0.15, 0.2) is 24.3 Å². The highest BCUT2D eigenvalue weighted by Gasteiger charge is 2.03. The van der Waals surface area contributed by atoms with E-state index in [4.69, 9.17) is 4.74 Å². The molecule has 1 nitrogen and oxygen atoms in total. The van der Waals surface area contributed by atoms with Crippen LogP contribution in [-0.4, -0.2) is 7.11 Å². The molecule has 0 radical (unpaired) electrons. The lowest BCUT2D eigenvalue weighted by atomic mass is 9.96. The minimum absolute atomic E-state index is 0.790. The SMILES string of the molecule is CCCC[C@@H](C)Cc1ccc(OC)cc1. The van der Waals surface area contributed by atoms with Crippen molar-refractivity contribution in [1.29, 1.82) is 0 Å². The molecule has 84 valence electrons. The molecule has 0 N–H and O–H groups in total. The van der Waals surface area contributed by atoms with Gasteiger partial charge in [0.2, 0.25) is 0 Å². The van der Waals surface area contributed by atoms with Crippen LogP contribution in [0.5, 0.6) is 5.75 Å². The number of ether oxygens (including phenoxy) is 1. The molecule has 0 heterocycles. The third-order valence-electron chi connectivity index (χ3n) is 2.79. The lowest BCUT2D eigenvalue weighted by molar-refractivity contribution is 0.414. The Labute approximate surface area is 93.5 Å². The molecule has 1 rings (SSSR count). The van der Waals surface area contributed by atoms with E-state index >= 15 is 0 Å². The maximum Gasteiger partial charge on any atom is 0.118 e. The second-order valence-electron chi connectivity index (χ2n) is 4.30.